The molecule has 0 N–H and O–H groups in total. The molecular formula is C13H16N2O7S. The van der Waals surface area contributed by atoms with E-state index in [9.17, 15) is 23.3 Å². The van der Waals surface area contributed by atoms with Gasteiger partial charge in [0, 0.05) is 6.54 Å². The fourth-order valence-electron chi connectivity index (χ4n) is 2.51. The van der Waals surface area contributed by atoms with Crippen LogP contribution in [0.1, 0.15) is 12.8 Å². The standard InChI is InChI=1S/C13H16N2O7S/c1-21-9-5-6-12(11(8-9)15(17)18)23(19,20)14-7-3-4-10(14)13(16)22-2/h5-6,8,10H,3-4,7H2,1-2H3/t10-/m1/s1. The number of hydrogen-bond acceptors (Lipinski definition) is 7. The number of ether oxygens (including phenoxy) is 2. The molecule has 23 heavy (non-hydrogen) atoms. The minimum Gasteiger partial charge on any atom is -0.497 e. The van der Waals surface area contributed by atoms with Crippen LogP contribution in [0.15, 0.2) is 23.1 Å². The second-order valence-corrected chi connectivity index (χ2v) is 6.75. The van der Waals surface area contributed by atoms with E-state index in [-0.39, 0.29) is 12.3 Å². The first kappa shape index (κ1) is 17.2. The van der Waals surface area contributed by atoms with Crippen molar-refractivity contribution in [3.05, 3.63) is 28.3 Å². The van der Waals surface area contributed by atoms with Gasteiger partial charge in [-0.05, 0) is 25.0 Å². The third-order valence-electron chi connectivity index (χ3n) is 3.63. The molecule has 0 saturated carbocycles. The average molecular weight is 344 g/mol. The van der Waals surface area contributed by atoms with Gasteiger partial charge in [-0.3, -0.25) is 14.9 Å². The fourth-order valence-corrected chi connectivity index (χ4v) is 4.30. The Balaban J connectivity index is 2.51. The lowest BCUT2D eigenvalue weighted by Crippen LogP contribution is -2.41. The molecule has 1 aliphatic rings. The highest BCUT2D eigenvalue weighted by atomic mass is 32.2. The number of sulfonamides is 1. The third-order valence-corrected chi connectivity index (χ3v) is 5.58. The summed E-state index contributed by atoms with van der Waals surface area (Å²) < 4.78 is 36.0. The first-order chi connectivity index (χ1) is 10.8. The van der Waals surface area contributed by atoms with Gasteiger partial charge in [-0.1, -0.05) is 0 Å². The normalized spacial score (nSPS) is 18.6. The van der Waals surface area contributed by atoms with E-state index in [1.54, 1.807) is 0 Å². The van der Waals surface area contributed by atoms with Crippen molar-refractivity contribution in [2.24, 2.45) is 0 Å². The lowest BCUT2D eigenvalue weighted by Gasteiger charge is -2.22. The van der Waals surface area contributed by atoms with Crippen LogP contribution >= 0.6 is 0 Å². The average Bonchev–Trinajstić information content (AvgIpc) is 3.03. The number of nitro benzene ring substituents is 1. The van der Waals surface area contributed by atoms with Gasteiger partial charge in [-0.15, -0.1) is 0 Å². The summed E-state index contributed by atoms with van der Waals surface area (Å²) in [5, 5.41) is 11.2. The topological polar surface area (TPSA) is 116 Å². The number of carbonyl (C=O) groups excluding carboxylic acids is 1. The largest absolute Gasteiger partial charge is 0.497 e. The number of nitro groups is 1. The van der Waals surface area contributed by atoms with Gasteiger partial charge in [0.15, 0.2) is 4.90 Å². The van der Waals surface area contributed by atoms with Gasteiger partial charge < -0.3 is 9.47 Å². The van der Waals surface area contributed by atoms with Crippen molar-refractivity contribution in [2.45, 2.75) is 23.8 Å². The van der Waals surface area contributed by atoms with Gasteiger partial charge in [-0.25, -0.2) is 8.42 Å². The van der Waals surface area contributed by atoms with E-state index in [1.165, 1.54) is 20.3 Å². The smallest absolute Gasteiger partial charge is 0.324 e. The maximum atomic E-state index is 12.8. The van der Waals surface area contributed by atoms with E-state index in [2.05, 4.69) is 4.74 Å². The summed E-state index contributed by atoms with van der Waals surface area (Å²) in [6.45, 7) is 0.102. The molecule has 1 fully saturated rings. The Labute approximate surface area is 133 Å². The predicted molar refractivity (Wildman–Crippen MR) is 78.6 cm³/mol. The Morgan fingerprint density at radius 3 is 2.65 bits per heavy atom. The molecule has 1 aliphatic heterocycles. The van der Waals surface area contributed by atoms with E-state index in [0.29, 0.717) is 12.8 Å². The first-order valence-electron chi connectivity index (χ1n) is 6.75. The predicted octanol–water partition coefficient (Wildman–Crippen LogP) is 0.929. The van der Waals surface area contributed by atoms with E-state index in [4.69, 9.17) is 4.74 Å². The number of nitrogens with zero attached hydrogens (tertiary/aromatic N) is 2. The first-order valence-corrected chi connectivity index (χ1v) is 8.19. The summed E-state index contributed by atoms with van der Waals surface area (Å²) in [6, 6.07) is 2.50. The second kappa shape index (κ2) is 6.50. The van der Waals surface area contributed by atoms with Crippen molar-refractivity contribution in [1.82, 2.24) is 4.31 Å². The summed E-state index contributed by atoms with van der Waals surface area (Å²) in [5.41, 5.74) is -0.597. The Morgan fingerprint density at radius 2 is 2.09 bits per heavy atom. The molecule has 0 unspecified atom stereocenters. The molecule has 1 atom stereocenters. The summed E-state index contributed by atoms with van der Waals surface area (Å²) >= 11 is 0. The van der Waals surface area contributed by atoms with Gasteiger partial charge in [0.05, 0.1) is 25.2 Å². The fraction of sp³-hybridized carbons (Fsp3) is 0.462. The van der Waals surface area contributed by atoms with Gasteiger partial charge in [0.25, 0.3) is 15.7 Å². The van der Waals surface area contributed by atoms with Crippen molar-refractivity contribution < 1.29 is 27.6 Å². The Bertz CT molecular complexity index is 732. The number of hydrogen-bond donors (Lipinski definition) is 0. The van der Waals surface area contributed by atoms with Gasteiger partial charge in [0.1, 0.15) is 11.8 Å². The molecule has 1 heterocycles. The molecular weight excluding hydrogens is 328 g/mol. The van der Waals surface area contributed by atoms with Gasteiger partial charge in [0.2, 0.25) is 0 Å². The summed E-state index contributed by atoms with van der Waals surface area (Å²) in [7, 11) is -1.72. The van der Waals surface area contributed by atoms with E-state index < -0.39 is 37.5 Å². The van der Waals surface area contributed by atoms with Crippen LogP contribution in [0, 0.1) is 10.1 Å². The number of esters is 1. The van der Waals surface area contributed by atoms with Crippen molar-refractivity contribution in [2.75, 3.05) is 20.8 Å². The van der Waals surface area contributed by atoms with Crippen molar-refractivity contribution in [3.8, 4) is 5.75 Å². The zero-order valence-electron chi connectivity index (χ0n) is 12.6. The molecule has 0 amide bonds. The van der Waals surface area contributed by atoms with Crippen LogP contribution in [-0.2, 0) is 19.6 Å². The highest BCUT2D eigenvalue weighted by Crippen LogP contribution is 2.34. The van der Waals surface area contributed by atoms with Gasteiger partial charge >= 0.3 is 5.97 Å². The molecule has 1 aromatic carbocycles. The highest BCUT2D eigenvalue weighted by molar-refractivity contribution is 7.89. The zero-order valence-corrected chi connectivity index (χ0v) is 13.4. The van der Waals surface area contributed by atoms with Crippen LogP contribution in [0.3, 0.4) is 0 Å². The number of carbonyl (C=O) groups is 1. The van der Waals surface area contributed by atoms with Crippen molar-refractivity contribution in [1.29, 1.82) is 0 Å². The maximum absolute atomic E-state index is 12.8. The number of methoxy groups -OCH3 is 2. The molecule has 10 heteroatoms. The molecule has 9 nitrogen and oxygen atoms in total. The Morgan fingerprint density at radius 1 is 1.39 bits per heavy atom. The van der Waals surface area contributed by atoms with Crippen LogP contribution in [0.2, 0.25) is 0 Å². The van der Waals surface area contributed by atoms with Gasteiger partial charge in [-0.2, -0.15) is 4.31 Å². The summed E-state index contributed by atoms with van der Waals surface area (Å²) in [4.78, 5) is 21.7. The second-order valence-electron chi connectivity index (χ2n) is 4.89. The molecule has 0 bridgehead atoms. The Kier molecular flexibility index (Phi) is 4.85. The van der Waals surface area contributed by atoms with Crippen LogP contribution < -0.4 is 4.74 Å². The lowest BCUT2D eigenvalue weighted by molar-refractivity contribution is -0.387. The molecule has 0 aromatic heterocycles. The highest BCUT2D eigenvalue weighted by Gasteiger charge is 2.42. The monoisotopic (exact) mass is 344 g/mol. The maximum Gasteiger partial charge on any atom is 0.324 e. The molecule has 126 valence electrons. The number of rotatable bonds is 5. The zero-order chi connectivity index (χ0) is 17.2. The van der Waals surface area contributed by atoms with Crippen LogP contribution in [0.25, 0.3) is 0 Å². The van der Waals surface area contributed by atoms with Crippen molar-refractivity contribution >= 4 is 21.7 Å². The van der Waals surface area contributed by atoms with E-state index >= 15 is 0 Å². The van der Waals surface area contributed by atoms with E-state index in [0.717, 1.165) is 16.4 Å². The minimum atomic E-state index is -4.21. The molecule has 1 aromatic rings. The quantitative estimate of drug-likeness (QED) is 0.443. The van der Waals surface area contributed by atoms with Crippen molar-refractivity contribution in [3.63, 3.8) is 0 Å². The van der Waals surface area contributed by atoms with Crippen LogP contribution in [-0.4, -0.2) is 50.4 Å². The molecule has 0 aliphatic carbocycles. The van der Waals surface area contributed by atoms with E-state index in [1.807, 2.05) is 0 Å². The SMILES string of the molecule is COC(=O)[C@H]1CCCN1S(=O)(=O)c1ccc(OC)cc1[N+](=O)[O-]. The third kappa shape index (κ3) is 3.13. The molecule has 0 spiro atoms. The lowest BCUT2D eigenvalue weighted by atomic mass is 10.2. The summed E-state index contributed by atoms with van der Waals surface area (Å²) in [6.07, 6.45) is 0.790. The molecule has 2 rings (SSSR count). The minimum absolute atomic E-state index is 0.102. The molecule has 0 radical (unpaired) electrons. The molecule has 1 saturated heterocycles. The summed E-state index contributed by atoms with van der Waals surface area (Å²) in [5.74, 6) is -0.510. The Hall–Kier alpha value is -2.20. The van der Waals surface area contributed by atoms with Crippen LogP contribution in [0.4, 0.5) is 5.69 Å². The van der Waals surface area contributed by atoms with Crippen LogP contribution in [0.5, 0.6) is 5.75 Å². The number of benzene rings is 1.